The maximum atomic E-state index is 12.0. The SMILES string of the molecule is Cc1cc(SCC(=O)Nc2ccc(Br)cc2Br)ccc1N. The second-order valence-corrected chi connectivity index (χ2v) is 7.30. The minimum absolute atomic E-state index is 0.0440. The van der Waals surface area contributed by atoms with Crippen molar-refractivity contribution in [3.8, 4) is 0 Å². The fourth-order valence-electron chi connectivity index (χ4n) is 1.66. The minimum Gasteiger partial charge on any atom is -0.399 e. The van der Waals surface area contributed by atoms with E-state index < -0.39 is 0 Å². The highest BCUT2D eigenvalue weighted by Gasteiger charge is 2.07. The molecule has 0 spiro atoms. The molecule has 0 saturated carbocycles. The van der Waals surface area contributed by atoms with Crippen LogP contribution in [-0.2, 0) is 4.79 Å². The van der Waals surface area contributed by atoms with Crippen LogP contribution in [-0.4, -0.2) is 11.7 Å². The number of aryl methyl sites for hydroxylation is 1. The van der Waals surface area contributed by atoms with Gasteiger partial charge in [-0.15, -0.1) is 11.8 Å². The Balaban J connectivity index is 1.94. The third-order valence-corrected chi connectivity index (χ3v) is 4.96. The van der Waals surface area contributed by atoms with Crippen molar-refractivity contribution < 1.29 is 4.79 Å². The van der Waals surface area contributed by atoms with Gasteiger partial charge in [0.1, 0.15) is 0 Å². The van der Waals surface area contributed by atoms with Crippen LogP contribution >= 0.6 is 43.6 Å². The molecule has 0 bridgehead atoms. The Bertz CT molecular complexity index is 677. The van der Waals surface area contributed by atoms with E-state index in [1.807, 2.05) is 43.3 Å². The van der Waals surface area contributed by atoms with E-state index in [9.17, 15) is 4.79 Å². The predicted octanol–water partition coefficient (Wildman–Crippen LogP) is 4.83. The summed E-state index contributed by atoms with van der Waals surface area (Å²) in [5, 5.41) is 2.88. The standard InChI is InChI=1S/C15H14Br2N2OS/c1-9-6-11(3-4-13(9)18)21-8-15(20)19-14-5-2-10(16)7-12(14)17/h2-7H,8,18H2,1H3,(H,19,20). The van der Waals surface area contributed by atoms with E-state index in [1.54, 1.807) is 0 Å². The first kappa shape index (κ1) is 16.4. The van der Waals surface area contributed by atoms with Crippen molar-refractivity contribution in [3.63, 3.8) is 0 Å². The Morgan fingerprint density at radius 3 is 2.67 bits per heavy atom. The van der Waals surface area contributed by atoms with Gasteiger partial charge in [0.05, 0.1) is 11.4 Å². The Hall–Kier alpha value is -0.980. The lowest BCUT2D eigenvalue weighted by molar-refractivity contribution is -0.113. The van der Waals surface area contributed by atoms with Crippen LogP contribution in [0, 0.1) is 6.92 Å². The first-order chi connectivity index (χ1) is 9.95. The first-order valence-corrected chi connectivity index (χ1v) is 8.76. The molecule has 0 saturated heterocycles. The van der Waals surface area contributed by atoms with Gasteiger partial charge in [0.2, 0.25) is 5.91 Å². The normalized spacial score (nSPS) is 10.4. The number of hydrogen-bond acceptors (Lipinski definition) is 3. The molecule has 2 aromatic rings. The van der Waals surface area contributed by atoms with Gasteiger partial charge in [0.15, 0.2) is 0 Å². The zero-order valence-electron chi connectivity index (χ0n) is 11.3. The van der Waals surface area contributed by atoms with Gasteiger partial charge in [-0.2, -0.15) is 0 Å². The highest BCUT2D eigenvalue weighted by atomic mass is 79.9. The van der Waals surface area contributed by atoms with Gasteiger partial charge in [-0.3, -0.25) is 4.79 Å². The molecule has 0 aliphatic rings. The molecule has 0 unspecified atom stereocenters. The van der Waals surface area contributed by atoms with Crippen molar-refractivity contribution in [1.29, 1.82) is 0 Å². The third-order valence-electron chi connectivity index (χ3n) is 2.82. The van der Waals surface area contributed by atoms with Gasteiger partial charge >= 0.3 is 0 Å². The van der Waals surface area contributed by atoms with Crippen molar-refractivity contribution >= 4 is 60.9 Å². The maximum Gasteiger partial charge on any atom is 0.234 e. The van der Waals surface area contributed by atoms with E-state index in [4.69, 9.17) is 5.73 Å². The molecule has 2 rings (SSSR count). The molecule has 2 aromatic carbocycles. The van der Waals surface area contributed by atoms with Gasteiger partial charge < -0.3 is 11.1 Å². The summed E-state index contributed by atoms with van der Waals surface area (Å²) < 4.78 is 1.80. The first-order valence-electron chi connectivity index (χ1n) is 6.19. The molecular formula is C15H14Br2N2OS. The van der Waals surface area contributed by atoms with Gasteiger partial charge in [0.25, 0.3) is 0 Å². The van der Waals surface area contributed by atoms with Gasteiger partial charge in [-0.05, 0) is 64.8 Å². The van der Waals surface area contributed by atoms with E-state index >= 15 is 0 Å². The lowest BCUT2D eigenvalue weighted by Gasteiger charge is -2.08. The number of rotatable bonds is 4. The lowest BCUT2D eigenvalue weighted by Crippen LogP contribution is -2.14. The van der Waals surface area contributed by atoms with Crippen LogP contribution in [0.5, 0.6) is 0 Å². The average molecular weight is 430 g/mol. The second-order valence-electron chi connectivity index (χ2n) is 4.48. The van der Waals surface area contributed by atoms with Crippen LogP contribution in [0.25, 0.3) is 0 Å². The van der Waals surface area contributed by atoms with Crippen LogP contribution < -0.4 is 11.1 Å². The van der Waals surface area contributed by atoms with E-state index in [-0.39, 0.29) is 5.91 Å². The summed E-state index contributed by atoms with van der Waals surface area (Å²) in [5.74, 6) is 0.309. The number of nitrogens with two attached hydrogens (primary N) is 1. The number of hydrogen-bond donors (Lipinski definition) is 2. The van der Waals surface area contributed by atoms with Crippen molar-refractivity contribution in [2.45, 2.75) is 11.8 Å². The van der Waals surface area contributed by atoms with E-state index in [1.165, 1.54) is 11.8 Å². The highest BCUT2D eigenvalue weighted by molar-refractivity contribution is 9.11. The molecule has 3 nitrogen and oxygen atoms in total. The summed E-state index contributed by atoms with van der Waals surface area (Å²) in [7, 11) is 0. The Morgan fingerprint density at radius 1 is 1.24 bits per heavy atom. The fraction of sp³-hybridized carbons (Fsp3) is 0.133. The average Bonchev–Trinajstić information content (AvgIpc) is 2.43. The second kappa shape index (κ2) is 7.33. The Labute approximate surface area is 144 Å². The number of anilines is 2. The number of nitrogens with one attached hydrogen (secondary N) is 1. The molecule has 6 heteroatoms. The van der Waals surface area contributed by atoms with E-state index in [2.05, 4.69) is 37.2 Å². The van der Waals surface area contributed by atoms with Crippen LogP contribution in [0.1, 0.15) is 5.56 Å². The third kappa shape index (κ3) is 4.76. The van der Waals surface area contributed by atoms with Crippen molar-refractivity contribution in [1.82, 2.24) is 0 Å². The largest absolute Gasteiger partial charge is 0.399 e. The number of benzene rings is 2. The smallest absolute Gasteiger partial charge is 0.234 e. The summed E-state index contributed by atoms with van der Waals surface area (Å²) >= 11 is 8.29. The van der Waals surface area contributed by atoms with Crippen LogP contribution in [0.4, 0.5) is 11.4 Å². The van der Waals surface area contributed by atoms with Gasteiger partial charge in [-0.1, -0.05) is 15.9 Å². The lowest BCUT2D eigenvalue weighted by atomic mass is 10.2. The molecule has 0 aliphatic carbocycles. The molecule has 0 fully saturated rings. The molecule has 1 amide bonds. The van der Waals surface area contributed by atoms with Crippen LogP contribution in [0.15, 0.2) is 50.2 Å². The highest BCUT2D eigenvalue weighted by Crippen LogP contribution is 2.27. The Kier molecular flexibility index (Phi) is 5.72. The molecule has 110 valence electrons. The Morgan fingerprint density at radius 2 is 2.00 bits per heavy atom. The molecule has 0 aliphatic heterocycles. The molecule has 0 radical (unpaired) electrons. The maximum absolute atomic E-state index is 12.0. The predicted molar refractivity (Wildman–Crippen MR) is 96.8 cm³/mol. The summed E-state index contributed by atoms with van der Waals surface area (Å²) in [6.45, 7) is 1.96. The van der Waals surface area contributed by atoms with Crippen molar-refractivity contribution in [2.75, 3.05) is 16.8 Å². The number of thioether (sulfide) groups is 1. The molecule has 21 heavy (non-hydrogen) atoms. The number of carbonyl (C=O) groups excluding carboxylic acids is 1. The number of carbonyl (C=O) groups is 1. The molecule has 3 N–H and O–H groups in total. The van der Waals surface area contributed by atoms with Gasteiger partial charge in [0, 0.05) is 19.5 Å². The summed E-state index contributed by atoms with van der Waals surface area (Å²) in [6, 6.07) is 11.4. The number of nitrogen functional groups attached to an aromatic ring is 1. The molecule has 0 heterocycles. The monoisotopic (exact) mass is 428 g/mol. The van der Waals surface area contributed by atoms with Crippen LogP contribution in [0.2, 0.25) is 0 Å². The number of halogens is 2. The zero-order valence-corrected chi connectivity index (χ0v) is 15.3. The van der Waals surface area contributed by atoms with Crippen molar-refractivity contribution in [3.05, 3.63) is 50.9 Å². The summed E-state index contributed by atoms with van der Waals surface area (Å²) in [4.78, 5) is 13.0. The zero-order chi connectivity index (χ0) is 15.4. The molecule has 0 atom stereocenters. The minimum atomic E-state index is -0.0440. The van der Waals surface area contributed by atoms with Gasteiger partial charge in [-0.25, -0.2) is 0 Å². The number of amides is 1. The topological polar surface area (TPSA) is 55.1 Å². The summed E-state index contributed by atoms with van der Waals surface area (Å²) in [6.07, 6.45) is 0. The molecular weight excluding hydrogens is 416 g/mol. The fourth-order valence-corrected chi connectivity index (χ4v) is 3.60. The van der Waals surface area contributed by atoms with E-state index in [0.29, 0.717) is 5.75 Å². The van der Waals surface area contributed by atoms with Crippen LogP contribution in [0.3, 0.4) is 0 Å². The van der Waals surface area contributed by atoms with E-state index in [0.717, 1.165) is 30.8 Å². The van der Waals surface area contributed by atoms with Crippen molar-refractivity contribution in [2.24, 2.45) is 0 Å². The molecule has 0 aromatic heterocycles. The quantitative estimate of drug-likeness (QED) is 0.540. The summed E-state index contributed by atoms with van der Waals surface area (Å²) in [5.41, 5.74) is 8.33.